The molecule has 15 heterocycles. The first kappa shape index (κ1) is 75.3. The zero-order valence-corrected chi connectivity index (χ0v) is 65.3. The van der Waals surface area contributed by atoms with Crippen molar-refractivity contribution in [3.8, 4) is 0 Å². The number of quaternary nitrogens is 1. The standard InChI is InChI=1S/C15H18INO4.C15H19NO4.C14H17NO2.2C13H14INO2.C4H6O6.ClH/c1-19-14(20-2)11-3-4-12-15-7-8(17(11)12)5-10(16)9(15)6-13(18)21-15;1-18-14(19-2)11-5-6-12-15-8-10(16(11)12)4-3-9(15)7-13(17)20-15;1-9-6-10-8-14(11(9)7-13(16)17-14)12-4-2-3-5-15(10)12;2*14-10-5-8-7-13(9(10)6-12(16)17-13)11-3-1-2-4-15(8)11;5-1-3(9-7)4(2-6)10-8;/h5-6,8,11-12,14H,3-4,7H2,1-2H3;3-4,7,10-12,14H,5-6,8H2,1-2H3;6-7,10,12H,2-5,8H2,1H3;2*5-6,8,11H,1-4,7H2;1-2,5-8H;1H/b;;;;;3-1-,4-2-;/t8-,11-,12-,15+;10-,11-,12-,15+;10-,12-,14+;2*8-,11-,13+;;/m11111../s1. The minimum atomic E-state index is -0.620. The van der Waals surface area contributed by atoms with Crippen molar-refractivity contribution in [2.75, 3.05) is 48.1 Å². The van der Waals surface area contributed by atoms with Crippen molar-refractivity contribution in [3.63, 3.8) is 0 Å². The average Bonchev–Trinajstić information content (AvgIpc) is 1.52. The molecule has 0 amide bonds. The first-order valence-corrected chi connectivity index (χ1v) is 39.1. The number of carbonyl (C=O) groups is 5. The molecule has 10 saturated heterocycles. The highest BCUT2D eigenvalue weighted by atomic mass is 127. The predicted molar refractivity (Wildman–Crippen MR) is 390 cm³/mol. The molecule has 10 bridgehead atoms. The molecule has 0 aromatic carbocycles. The fraction of sp³-hybridized carbons (Fsp3) is 0.608. The van der Waals surface area contributed by atoms with Gasteiger partial charge in [-0.05, 0) is 164 Å². The third kappa shape index (κ3) is 12.2. The predicted octanol–water partition coefficient (Wildman–Crippen LogP) is 5.25. The summed E-state index contributed by atoms with van der Waals surface area (Å²) in [5.74, 6) is -2.05. The van der Waals surface area contributed by atoms with Gasteiger partial charge in [0.2, 0.25) is 11.5 Å². The maximum Gasteiger partial charge on any atom is 0.332 e. The number of nitrogens with zero attached hydrogens (tertiary/aromatic N) is 4. The molecule has 558 valence electrons. The lowest BCUT2D eigenvalue weighted by Gasteiger charge is -2.38. The monoisotopic (exact) mass is 1780 g/mol. The van der Waals surface area contributed by atoms with E-state index in [0.29, 0.717) is 48.3 Å². The lowest BCUT2D eigenvalue weighted by molar-refractivity contribution is -0.937. The molecular formula is C74H89ClI3N5O20. The molecule has 1 unspecified atom stereocenters. The molecular weight excluding hydrogens is 1690 g/mol. The van der Waals surface area contributed by atoms with Crippen molar-refractivity contribution >= 4 is 97.6 Å². The van der Waals surface area contributed by atoms with E-state index < -0.39 is 22.7 Å². The van der Waals surface area contributed by atoms with Gasteiger partial charge in [-0.25, -0.2) is 34.5 Å². The van der Waals surface area contributed by atoms with Crippen LogP contribution in [0.5, 0.6) is 0 Å². The second kappa shape index (κ2) is 29.5. The van der Waals surface area contributed by atoms with Crippen molar-refractivity contribution < 1.29 is 114 Å². The molecule has 0 radical (unpaired) electrons. The first-order chi connectivity index (χ1) is 49.2. The third-order valence-electron chi connectivity index (χ3n) is 25.5. The van der Waals surface area contributed by atoms with Crippen molar-refractivity contribution in [2.45, 2.75) is 236 Å². The van der Waals surface area contributed by atoms with E-state index in [1.165, 1.54) is 82.6 Å². The number of ether oxygens (including phenoxy) is 9. The van der Waals surface area contributed by atoms with Crippen molar-refractivity contribution in [1.29, 1.82) is 0 Å². The minimum absolute atomic E-state index is 0. The molecule has 5 aliphatic carbocycles. The van der Waals surface area contributed by atoms with Crippen LogP contribution in [0.15, 0.2) is 135 Å². The Morgan fingerprint density at radius 1 is 0.505 bits per heavy atom. The van der Waals surface area contributed by atoms with E-state index in [0.717, 1.165) is 96.7 Å². The Morgan fingerprint density at radius 3 is 1.48 bits per heavy atom. The zero-order valence-electron chi connectivity index (χ0n) is 58.1. The molecule has 20 rings (SSSR count). The van der Waals surface area contributed by atoms with E-state index in [1.54, 1.807) is 63.7 Å². The lowest BCUT2D eigenvalue weighted by atomic mass is 9.77. The molecule has 18 atom stereocenters. The topological polar surface area (TPSA) is 285 Å². The van der Waals surface area contributed by atoms with Crippen LogP contribution in [0.25, 0.3) is 0 Å². The highest BCUT2D eigenvalue weighted by Gasteiger charge is 2.69. The Hall–Kier alpha value is -4.53. The number of nitrogens with one attached hydrogen (secondary N) is 1. The number of aliphatic hydroxyl groups excluding tert-OH is 2. The van der Waals surface area contributed by atoms with Crippen LogP contribution < -0.4 is 17.3 Å². The van der Waals surface area contributed by atoms with Crippen LogP contribution >= 0.6 is 67.8 Å². The Bertz CT molecular complexity index is 3640. The quantitative estimate of drug-likeness (QED) is 0.0288. The van der Waals surface area contributed by atoms with Crippen molar-refractivity contribution in [2.24, 2.45) is 0 Å². The molecule has 15 aliphatic heterocycles. The normalized spacial score (nSPS) is 39.9. The van der Waals surface area contributed by atoms with Crippen LogP contribution in [0.4, 0.5) is 0 Å². The number of carbonyl (C=O) groups excluding carboxylic acids is 5. The van der Waals surface area contributed by atoms with Gasteiger partial charge in [-0.1, -0.05) is 43.2 Å². The van der Waals surface area contributed by atoms with E-state index >= 15 is 0 Å². The Morgan fingerprint density at radius 2 is 0.932 bits per heavy atom. The Balaban J connectivity index is 0.000000106. The first-order valence-electron chi connectivity index (χ1n) is 35.8. The van der Waals surface area contributed by atoms with E-state index in [2.05, 4.69) is 141 Å². The largest absolute Gasteiger partial charge is 1.00 e. The summed E-state index contributed by atoms with van der Waals surface area (Å²) in [4.78, 5) is 77.1. The van der Waals surface area contributed by atoms with Crippen molar-refractivity contribution in [1.82, 2.24) is 19.6 Å². The van der Waals surface area contributed by atoms with Gasteiger partial charge in [-0.15, -0.1) is 0 Å². The van der Waals surface area contributed by atoms with Gasteiger partial charge >= 0.3 is 29.8 Å². The fourth-order valence-corrected chi connectivity index (χ4v) is 25.1. The maximum absolute atomic E-state index is 11.9. The molecule has 103 heavy (non-hydrogen) atoms. The second-order valence-electron chi connectivity index (χ2n) is 30.0. The van der Waals surface area contributed by atoms with E-state index in [9.17, 15) is 24.0 Å². The van der Waals surface area contributed by atoms with Crippen LogP contribution in [-0.2, 0) is 76.4 Å². The molecule has 29 heteroatoms. The van der Waals surface area contributed by atoms with Gasteiger partial charge in [0.15, 0.2) is 40.6 Å². The van der Waals surface area contributed by atoms with E-state index in [4.69, 9.17) is 63.4 Å². The Labute approximate surface area is 645 Å². The average molecular weight is 1780 g/mol. The van der Waals surface area contributed by atoms with E-state index in [-0.39, 0.29) is 108 Å². The lowest BCUT2D eigenvalue weighted by Crippen LogP contribution is -3.18. The number of rotatable bonds is 9. The van der Waals surface area contributed by atoms with Crippen LogP contribution in [0.2, 0.25) is 0 Å². The molecule has 5 N–H and O–H groups in total. The number of esters is 5. The summed E-state index contributed by atoms with van der Waals surface area (Å²) in [7, 11) is 6.72. The van der Waals surface area contributed by atoms with Gasteiger partial charge in [0.25, 0.3) is 0 Å². The number of hydrogen-bond donors (Lipinski definition) is 5. The molecule has 5 spiro atoms. The van der Waals surface area contributed by atoms with Gasteiger partial charge < -0.3 is 79.9 Å². The molecule has 0 aromatic heterocycles. The SMILES string of the molecule is CC1=C[C@@H]2C[C@@]3(OC(=O)C=C13)[C@H]1CCCCN21.COC(OC)[C@H]1CC[C@H]2N1[C@@H]1C=C(I)C3=CC(=O)O[C@@]32C1.COC(OC)[C@H]1CC[C@H]2N1[C@@H]1C=CC3=CC(=O)O[C@@]32C1.O/C=C(OO)/C(=C/O)OO.O=C1C=C2C(I)=C[C@@H]3C[C@@]2(O1)[C@H]1CCCCN31.O=C1C=C2C(I)=C[C@@H]3C[C@@]2(O1)[C@H]1CCCC[NH+]31.[Cl-]. The number of halogens is 4. The van der Waals surface area contributed by atoms with Crippen LogP contribution in [0.1, 0.15) is 122 Å². The second-order valence-corrected chi connectivity index (χ2v) is 33.5. The minimum Gasteiger partial charge on any atom is -1.00 e. The molecule has 25 nitrogen and oxygen atoms in total. The smallest absolute Gasteiger partial charge is 0.332 e. The number of fused-ring (bicyclic) bond motifs is 15. The maximum atomic E-state index is 11.9. The highest BCUT2D eigenvalue weighted by molar-refractivity contribution is 14.1. The fourth-order valence-electron chi connectivity index (χ4n) is 22.0. The highest BCUT2D eigenvalue weighted by Crippen LogP contribution is 2.60. The van der Waals surface area contributed by atoms with Gasteiger partial charge in [0.05, 0.1) is 49.2 Å². The molecule has 0 saturated carbocycles. The number of aliphatic hydroxyl groups is 2. The molecule has 10 fully saturated rings. The van der Waals surface area contributed by atoms with Crippen molar-refractivity contribution in [3.05, 3.63) is 135 Å². The van der Waals surface area contributed by atoms with Crippen LogP contribution in [0.3, 0.4) is 0 Å². The summed E-state index contributed by atoms with van der Waals surface area (Å²) in [6.45, 7) is 5.67. The van der Waals surface area contributed by atoms with Gasteiger partial charge in [-0.2, -0.15) is 0 Å². The van der Waals surface area contributed by atoms with Gasteiger partial charge in [-0.3, -0.25) is 19.6 Å². The van der Waals surface area contributed by atoms with Crippen LogP contribution in [0, 0.1) is 0 Å². The summed E-state index contributed by atoms with van der Waals surface area (Å²) in [6.07, 6.45) is 42.0. The summed E-state index contributed by atoms with van der Waals surface area (Å²) < 4.78 is 54.4. The van der Waals surface area contributed by atoms with Gasteiger partial charge in [0, 0.05) is 154 Å². The summed E-state index contributed by atoms with van der Waals surface area (Å²) in [5, 5.41) is 32.1. The Kier molecular flexibility index (Phi) is 21.5. The summed E-state index contributed by atoms with van der Waals surface area (Å²) >= 11 is 7.05. The zero-order chi connectivity index (χ0) is 71.5. The van der Waals surface area contributed by atoms with Crippen LogP contribution in [-0.4, -0.2) is 231 Å². The number of piperidine rings is 3. The summed E-state index contributed by atoms with van der Waals surface area (Å²) in [6, 6.07) is 4.41. The van der Waals surface area contributed by atoms with Gasteiger partial charge in [0.1, 0.15) is 24.6 Å². The third-order valence-corrected chi connectivity index (χ3v) is 28.3. The number of methoxy groups -OCH3 is 4. The molecule has 0 aromatic rings. The number of hydrogen-bond acceptors (Lipinski definition) is 24. The summed E-state index contributed by atoms with van der Waals surface area (Å²) in [5.41, 5.74) is 5.13. The van der Waals surface area contributed by atoms with E-state index in [1.807, 2.05) is 0 Å². The molecule has 20 aliphatic rings.